The van der Waals surface area contributed by atoms with Crippen LogP contribution in [0.2, 0.25) is 0 Å². The van der Waals surface area contributed by atoms with Gasteiger partial charge in [-0.15, -0.1) is 0 Å². The lowest BCUT2D eigenvalue weighted by atomic mass is 10.1. The number of benzene rings is 2. The fourth-order valence-electron chi connectivity index (χ4n) is 1.41. The van der Waals surface area contributed by atoms with Crippen LogP contribution in [-0.4, -0.2) is 4.92 Å². The van der Waals surface area contributed by atoms with E-state index in [1.54, 1.807) is 24.3 Å². The van der Waals surface area contributed by atoms with E-state index in [4.69, 9.17) is 1.37 Å². The maximum absolute atomic E-state index is 10.5. The summed E-state index contributed by atoms with van der Waals surface area (Å²) in [5.74, 6) is 0. The fraction of sp³-hybridized carbons (Fsp3) is 0. The standard InChI is InChI=1S/C14H11NO2/c16-15(17)14-10-8-13(9-11-14)7-6-12-4-2-1-3-5-12/h1-11H/b7-6+/i1D. The van der Waals surface area contributed by atoms with Gasteiger partial charge in [0.05, 0.1) is 6.29 Å². The zero-order chi connectivity index (χ0) is 13.0. The van der Waals surface area contributed by atoms with Crippen LogP contribution in [0, 0.1) is 10.1 Å². The van der Waals surface area contributed by atoms with Crippen LogP contribution in [0.3, 0.4) is 0 Å². The van der Waals surface area contributed by atoms with Crippen LogP contribution in [-0.2, 0) is 0 Å². The summed E-state index contributed by atoms with van der Waals surface area (Å²) in [6, 6.07) is 14.0. The molecular weight excluding hydrogens is 214 g/mol. The molecule has 0 aliphatic rings. The quantitative estimate of drug-likeness (QED) is 0.454. The van der Waals surface area contributed by atoms with Crippen molar-refractivity contribution >= 4 is 17.8 Å². The summed E-state index contributed by atoms with van der Waals surface area (Å²) in [5.41, 5.74) is 1.98. The zero-order valence-electron chi connectivity index (χ0n) is 10.0. The Kier molecular flexibility index (Phi) is 2.92. The Hall–Kier alpha value is -2.42. The second-order valence-electron chi connectivity index (χ2n) is 3.52. The Bertz CT molecular complexity index is 574. The molecule has 0 saturated heterocycles. The molecule has 0 atom stereocenters. The van der Waals surface area contributed by atoms with Gasteiger partial charge in [-0.1, -0.05) is 42.5 Å². The molecule has 17 heavy (non-hydrogen) atoms. The van der Waals surface area contributed by atoms with Crippen molar-refractivity contribution in [2.45, 2.75) is 0 Å². The first-order valence-electron chi connectivity index (χ1n) is 5.64. The minimum absolute atomic E-state index is 0.0886. The topological polar surface area (TPSA) is 43.1 Å². The van der Waals surface area contributed by atoms with Crippen LogP contribution >= 0.6 is 0 Å². The molecule has 0 saturated carbocycles. The molecule has 3 heteroatoms. The molecular formula is C14H11NO2. The molecule has 0 unspecified atom stereocenters. The van der Waals surface area contributed by atoms with Crippen molar-refractivity contribution in [3.8, 4) is 0 Å². The summed E-state index contributed by atoms with van der Waals surface area (Å²) in [7, 11) is 0. The number of hydrogen-bond donors (Lipinski definition) is 0. The highest BCUT2D eigenvalue weighted by Crippen LogP contribution is 2.14. The van der Waals surface area contributed by atoms with Crippen LogP contribution in [0.15, 0.2) is 54.6 Å². The lowest BCUT2D eigenvalue weighted by Crippen LogP contribution is -1.86. The van der Waals surface area contributed by atoms with E-state index < -0.39 is 4.92 Å². The molecule has 0 fully saturated rings. The normalized spacial score (nSPS) is 11.4. The van der Waals surface area contributed by atoms with E-state index in [2.05, 4.69) is 0 Å². The highest BCUT2D eigenvalue weighted by Gasteiger charge is 2.01. The monoisotopic (exact) mass is 226 g/mol. The Morgan fingerprint density at radius 2 is 1.53 bits per heavy atom. The molecule has 0 heterocycles. The summed E-state index contributed by atoms with van der Waals surface area (Å²) < 4.78 is 7.36. The lowest BCUT2D eigenvalue weighted by molar-refractivity contribution is -0.384. The fourth-order valence-corrected chi connectivity index (χ4v) is 1.41. The average Bonchev–Trinajstić information content (AvgIpc) is 2.38. The minimum atomic E-state index is -0.416. The molecule has 2 aromatic carbocycles. The Morgan fingerprint density at radius 1 is 1.00 bits per heavy atom. The van der Waals surface area contributed by atoms with E-state index in [-0.39, 0.29) is 5.69 Å². The average molecular weight is 226 g/mol. The smallest absolute Gasteiger partial charge is 0.258 e. The van der Waals surface area contributed by atoms with Crippen LogP contribution in [0.5, 0.6) is 0 Å². The first kappa shape index (κ1) is 9.78. The van der Waals surface area contributed by atoms with E-state index in [0.29, 0.717) is 6.04 Å². The number of nitro benzene ring substituents is 1. The van der Waals surface area contributed by atoms with Gasteiger partial charge in [-0.05, 0) is 23.3 Å². The molecule has 2 rings (SSSR count). The van der Waals surface area contributed by atoms with Gasteiger partial charge >= 0.3 is 0 Å². The van der Waals surface area contributed by atoms with Crippen LogP contribution in [0.4, 0.5) is 5.69 Å². The van der Waals surface area contributed by atoms with Crippen LogP contribution in [0.25, 0.3) is 12.2 Å². The first-order chi connectivity index (χ1) is 8.65. The second kappa shape index (κ2) is 5.07. The number of nitro groups is 1. The van der Waals surface area contributed by atoms with Crippen molar-refractivity contribution in [2.24, 2.45) is 0 Å². The van der Waals surface area contributed by atoms with Gasteiger partial charge < -0.3 is 0 Å². The number of nitrogens with zero attached hydrogens (tertiary/aromatic N) is 1. The van der Waals surface area contributed by atoms with Gasteiger partial charge in [-0.3, -0.25) is 10.1 Å². The molecule has 0 N–H and O–H groups in total. The third-order valence-corrected chi connectivity index (χ3v) is 2.32. The van der Waals surface area contributed by atoms with E-state index in [1.165, 1.54) is 12.1 Å². The lowest BCUT2D eigenvalue weighted by Gasteiger charge is -1.94. The van der Waals surface area contributed by atoms with Crippen molar-refractivity contribution in [2.75, 3.05) is 0 Å². The molecule has 0 amide bonds. The van der Waals surface area contributed by atoms with Crippen LogP contribution in [0.1, 0.15) is 12.5 Å². The highest BCUT2D eigenvalue weighted by atomic mass is 16.6. The van der Waals surface area contributed by atoms with Gasteiger partial charge in [0.15, 0.2) is 0 Å². The van der Waals surface area contributed by atoms with Crippen LogP contribution < -0.4 is 0 Å². The maximum Gasteiger partial charge on any atom is 0.269 e. The summed E-state index contributed by atoms with van der Waals surface area (Å²) in [6.07, 6.45) is 3.78. The first-order valence-corrected chi connectivity index (χ1v) is 5.14. The van der Waals surface area contributed by atoms with Crippen molar-refractivity contribution in [1.29, 1.82) is 0 Å². The third kappa shape index (κ3) is 3.01. The van der Waals surface area contributed by atoms with Gasteiger partial charge in [-0.25, -0.2) is 0 Å². The van der Waals surface area contributed by atoms with E-state index in [0.717, 1.165) is 11.1 Å². The summed E-state index contributed by atoms with van der Waals surface area (Å²) >= 11 is 0. The van der Waals surface area contributed by atoms with E-state index >= 15 is 0 Å². The predicted molar refractivity (Wildman–Crippen MR) is 68.5 cm³/mol. The predicted octanol–water partition coefficient (Wildman–Crippen LogP) is 3.77. The van der Waals surface area contributed by atoms with Gasteiger partial charge in [0, 0.05) is 12.1 Å². The molecule has 2 aromatic rings. The number of hydrogen-bond acceptors (Lipinski definition) is 2. The Balaban J connectivity index is 2.13. The third-order valence-electron chi connectivity index (χ3n) is 2.32. The van der Waals surface area contributed by atoms with Crippen molar-refractivity contribution in [3.05, 3.63) is 75.8 Å². The largest absolute Gasteiger partial charge is 0.269 e. The van der Waals surface area contributed by atoms with Crippen molar-refractivity contribution in [3.63, 3.8) is 0 Å². The molecule has 0 aliphatic carbocycles. The molecule has 84 valence electrons. The number of non-ortho nitro benzene ring substituents is 1. The van der Waals surface area contributed by atoms with Gasteiger partial charge in [-0.2, -0.15) is 0 Å². The summed E-state index contributed by atoms with van der Waals surface area (Å²) in [4.78, 5) is 10.1. The molecule has 0 aliphatic heterocycles. The number of rotatable bonds is 3. The Morgan fingerprint density at radius 3 is 2.06 bits per heavy atom. The second-order valence-corrected chi connectivity index (χ2v) is 3.52. The molecule has 0 radical (unpaired) electrons. The van der Waals surface area contributed by atoms with Gasteiger partial charge in [0.2, 0.25) is 0 Å². The summed E-state index contributed by atoms with van der Waals surface area (Å²) in [5, 5.41) is 10.5. The minimum Gasteiger partial charge on any atom is -0.258 e. The Labute approximate surface area is 101 Å². The van der Waals surface area contributed by atoms with Gasteiger partial charge in [0.1, 0.15) is 0 Å². The zero-order valence-corrected chi connectivity index (χ0v) is 9.04. The maximum atomic E-state index is 10.5. The highest BCUT2D eigenvalue weighted by molar-refractivity contribution is 5.69. The summed E-state index contributed by atoms with van der Waals surface area (Å²) in [6.45, 7) is 0. The SMILES string of the molecule is [2H]c1ccc(/C=C/c2ccc([N+](=O)[O-])cc2)cc1. The van der Waals surface area contributed by atoms with E-state index in [9.17, 15) is 10.1 Å². The molecule has 3 nitrogen and oxygen atoms in total. The van der Waals surface area contributed by atoms with E-state index in [1.807, 2.05) is 24.3 Å². The van der Waals surface area contributed by atoms with Gasteiger partial charge in [0.25, 0.3) is 5.69 Å². The van der Waals surface area contributed by atoms with Crippen molar-refractivity contribution < 1.29 is 6.29 Å². The molecule has 0 bridgehead atoms. The molecule has 0 aromatic heterocycles. The van der Waals surface area contributed by atoms with Crippen molar-refractivity contribution in [1.82, 2.24) is 0 Å². The molecule has 0 spiro atoms.